The van der Waals surface area contributed by atoms with Gasteiger partial charge in [-0.3, -0.25) is 0 Å². The maximum atomic E-state index is 6.17. The number of nitrogens with zero attached hydrogens (tertiary/aromatic N) is 1. The molecule has 1 aromatic carbocycles. The van der Waals surface area contributed by atoms with Gasteiger partial charge in [0.25, 0.3) is 0 Å². The number of rotatable bonds is 3. The van der Waals surface area contributed by atoms with E-state index in [0.717, 1.165) is 12.1 Å². The first-order chi connectivity index (χ1) is 9.29. The molecule has 3 N–H and O–H groups in total. The van der Waals surface area contributed by atoms with Crippen LogP contribution < -0.4 is 15.8 Å². The Hall–Kier alpha value is -2.07. The van der Waals surface area contributed by atoms with Crippen molar-refractivity contribution in [2.45, 2.75) is 18.5 Å². The highest BCUT2D eigenvalue weighted by Gasteiger charge is 2.28. The normalized spacial score (nSPS) is 20.9. The molecule has 4 heteroatoms. The third-order valence-electron chi connectivity index (χ3n) is 3.55. The minimum atomic E-state index is 0.0939. The van der Waals surface area contributed by atoms with Gasteiger partial charge in [-0.1, -0.05) is 24.3 Å². The average molecular weight is 255 g/mol. The van der Waals surface area contributed by atoms with E-state index in [0.29, 0.717) is 5.88 Å². The fourth-order valence-electron chi connectivity index (χ4n) is 2.66. The van der Waals surface area contributed by atoms with Crippen molar-refractivity contribution in [3.8, 4) is 5.88 Å². The van der Waals surface area contributed by atoms with Gasteiger partial charge in [-0.15, -0.1) is 0 Å². The lowest BCUT2D eigenvalue weighted by molar-refractivity contribution is 0.399. The molecule has 1 aliphatic carbocycles. The molecule has 0 aliphatic heterocycles. The first-order valence-corrected chi connectivity index (χ1v) is 6.39. The van der Waals surface area contributed by atoms with Crippen LogP contribution >= 0.6 is 0 Å². The van der Waals surface area contributed by atoms with E-state index in [-0.39, 0.29) is 12.1 Å². The Kier molecular flexibility index (Phi) is 3.09. The van der Waals surface area contributed by atoms with Crippen LogP contribution in [-0.4, -0.2) is 12.1 Å². The lowest BCUT2D eigenvalue weighted by atomic mass is 10.1. The molecule has 2 aromatic rings. The number of anilines is 1. The fourth-order valence-corrected chi connectivity index (χ4v) is 2.66. The maximum absolute atomic E-state index is 6.17. The summed E-state index contributed by atoms with van der Waals surface area (Å²) in [6.07, 6.45) is 2.61. The molecule has 1 aliphatic rings. The quantitative estimate of drug-likeness (QED) is 0.885. The number of ether oxygens (including phenoxy) is 1. The van der Waals surface area contributed by atoms with Gasteiger partial charge < -0.3 is 15.8 Å². The predicted octanol–water partition coefficient (Wildman–Crippen LogP) is 2.65. The first kappa shape index (κ1) is 12.0. The summed E-state index contributed by atoms with van der Waals surface area (Å²) in [6.45, 7) is 0. The summed E-state index contributed by atoms with van der Waals surface area (Å²) in [6, 6.07) is 12.5. The lowest BCUT2D eigenvalue weighted by Gasteiger charge is -2.17. The zero-order valence-electron chi connectivity index (χ0n) is 10.8. The van der Waals surface area contributed by atoms with Crippen molar-refractivity contribution in [3.05, 3.63) is 53.7 Å². The molecule has 2 unspecified atom stereocenters. The molecule has 98 valence electrons. The van der Waals surface area contributed by atoms with Crippen molar-refractivity contribution in [1.29, 1.82) is 0 Å². The SMILES string of the molecule is COc1ncccc1NC1CC(N)c2ccccc21. The highest BCUT2D eigenvalue weighted by Crippen LogP contribution is 2.40. The van der Waals surface area contributed by atoms with E-state index in [2.05, 4.69) is 22.4 Å². The van der Waals surface area contributed by atoms with Crippen LogP contribution in [0.25, 0.3) is 0 Å². The van der Waals surface area contributed by atoms with Crippen LogP contribution in [0.2, 0.25) is 0 Å². The topological polar surface area (TPSA) is 60.2 Å². The van der Waals surface area contributed by atoms with E-state index >= 15 is 0 Å². The summed E-state index contributed by atoms with van der Waals surface area (Å²) in [5.74, 6) is 0.612. The molecule has 0 spiro atoms. The zero-order valence-corrected chi connectivity index (χ0v) is 10.8. The highest BCUT2D eigenvalue weighted by atomic mass is 16.5. The molecule has 0 fully saturated rings. The second kappa shape index (κ2) is 4.90. The Labute approximate surface area is 112 Å². The van der Waals surface area contributed by atoms with Crippen LogP contribution in [0, 0.1) is 0 Å². The van der Waals surface area contributed by atoms with Gasteiger partial charge in [-0.05, 0) is 29.7 Å². The Balaban J connectivity index is 1.89. The molecule has 1 aromatic heterocycles. The van der Waals surface area contributed by atoms with E-state index < -0.39 is 0 Å². The molecule has 19 heavy (non-hydrogen) atoms. The summed E-state index contributed by atoms with van der Waals surface area (Å²) in [5.41, 5.74) is 9.57. The van der Waals surface area contributed by atoms with Crippen molar-refractivity contribution < 1.29 is 4.74 Å². The number of benzene rings is 1. The number of hydrogen-bond donors (Lipinski definition) is 2. The summed E-state index contributed by atoms with van der Waals surface area (Å²) in [7, 11) is 1.63. The number of nitrogens with two attached hydrogens (primary N) is 1. The minimum absolute atomic E-state index is 0.0939. The number of aromatic nitrogens is 1. The van der Waals surface area contributed by atoms with Gasteiger partial charge in [0.15, 0.2) is 0 Å². The molecule has 0 amide bonds. The molecule has 0 radical (unpaired) electrons. The van der Waals surface area contributed by atoms with Crippen molar-refractivity contribution >= 4 is 5.69 Å². The van der Waals surface area contributed by atoms with Gasteiger partial charge in [-0.2, -0.15) is 0 Å². The lowest BCUT2D eigenvalue weighted by Crippen LogP contribution is -2.10. The average Bonchev–Trinajstić information content (AvgIpc) is 2.77. The van der Waals surface area contributed by atoms with Crippen LogP contribution in [-0.2, 0) is 0 Å². The molecule has 0 saturated carbocycles. The molecule has 2 atom stereocenters. The Morgan fingerprint density at radius 2 is 2.00 bits per heavy atom. The molecule has 4 nitrogen and oxygen atoms in total. The first-order valence-electron chi connectivity index (χ1n) is 6.39. The van der Waals surface area contributed by atoms with E-state index in [1.807, 2.05) is 24.3 Å². The van der Waals surface area contributed by atoms with E-state index in [1.54, 1.807) is 13.3 Å². The van der Waals surface area contributed by atoms with Crippen LogP contribution in [0.3, 0.4) is 0 Å². The van der Waals surface area contributed by atoms with Crippen LogP contribution in [0.1, 0.15) is 29.6 Å². The molecule has 0 bridgehead atoms. The monoisotopic (exact) mass is 255 g/mol. The molecular formula is C15H17N3O. The second-order valence-electron chi connectivity index (χ2n) is 4.73. The zero-order chi connectivity index (χ0) is 13.2. The summed E-state index contributed by atoms with van der Waals surface area (Å²) < 4.78 is 5.27. The number of hydrogen-bond acceptors (Lipinski definition) is 4. The summed E-state index contributed by atoms with van der Waals surface area (Å²) >= 11 is 0. The smallest absolute Gasteiger partial charge is 0.237 e. The number of nitrogens with one attached hydrogen (secondary N) is 1. The largest absolute Gasteiger partial charge is 0.480 e. The molecular weight excluding hydrogens is 238 g/mol. The number of fused-ring (bicyclic) bond motifs is 1. The minimum Gasteiger partial charge on any atom is -0.480 e. The summed E-state index contributed by atoms with van der Waals surface area (Å²) in [4.78, 5) is 4.20. The summed E-state index contributed by atoms with van der Waals surface area (Å²) in [5, 5.41) is 3.48. The third-order valence-corrected chi connectivity index (χ3v) is 3.55. The van der Waals surface area contributed by atoms with Crippen molar-refractivity contribution in [3.63, 3.8) is 0 Å². The van der Waals surface area contributed by atoms with Crippen molar-refractivity contribution in [2.75, 3.05) is 12.4 Å². The number of methoxy groups -OCH3 is 1. The van der Waals surface area contributed by atoms with Crippen LogP contribution in [0.5, 0.6) is 5.88 Å². The molecule has 3 rings (SSSR count). The standard InChI is InChI=1S/C15H17N3O/c1-19-15-13(7-4-8-17-15)18-14-9-12(16)10-5-2-3-6-11(10)14/h2-8,12,14,18H,9,16H2,1H3. The predicted molar refractivity (Wildman–Crippen MR) is 75.1 cm³/mol. The highest BCUT2D eigenvalue weighted by molar-refractivity contribution is 5.55. The Morgan fingerprint density at radius 3 is 2.79 bits per heavy atom. The van der Waals surface area contributed by atoms with E-state index in [4.69, 9.17) is 10.5 Å². The van der Waals surface area contributed by atoms with Crippen molar-refractivity contribution in [2.24, 2.45) is 5.73 Å². The third kappa shape index (κ3) is 2.15. The van der Waals surface area contributed by atoms with Gasteiger partial charge in [0.1, 0.15) is 0 Å². The molecule has 0 saturated heterocycles. The van der Waals surface area contributed by atoms with Gasteiger partial charge in [0.2, 0.25) is 5.88 Å². The van der Waals surface area contributed by atoms with Crippen molar-refractivity contribution in [1.82, 2.24) is 4.98 Å². The van der Waals surface area contributed by atoms with Gasteiger partial charge >= 0.3 is 0 Å². The molecule has 1 heterocycles. The van der Waals surface area contributed by atoms with E-state index in [1.165, 1.54) is 11.1 Å². The van der Waals surface area contributed by atoms with Gasteiger partial charge in [0.05, 0.1) is 18.8 Å². The Bertz CT molecular complexity index is 585. The van der Waals surface area contributed by atoms with Crippen LogP contribution in [0.15, 0.2) is 42.6 Å². The maximum Gasteiger partial charge on any atom is 0.237 e. The number of pyridine rings is 1. The van der Waals surface area contributed by atoms with E-state index in [9.17, 15) is 0 Å². The second-order valence-corrected chi connectivity index (χ2v) is 4.73. The van der Waals surface area contributed by atoms with Gasteiger partial charge in [0, 0.05) is 12.2 Å². The Morgan fingerprint density at radius 1 is 1.21 bits per heavy atom. The van der Waals surface area contributed by atoms with Crippen LogP contribution in [0.4, 0.5) is 5.69 Å². The fraction of sp³-hybridized carbons (Fsp3) is 0.267. The van der Waals surface area contributed by atoms with Gasteiger partial charge in [-0.25, -0.2) is 4.98 Å².